The van der Waals surface area contributed by atoms with E-state index in [1.165, 1.54) is 6.92 Å². The molecular weight excluding hydrogens is 456 g/mol. The molecule has 4 aromatic carbocycles. The number of urea groups is 1. The third kappa shape index (κ3) is 6.11. The van der Waals surface area contributed by atoms with Gasteiger partial charge in [0.15, 0.2) is 0 Å². The van der Waals surface area contributed by atoms with Gasteiger partial charge in [-0.1, -0.05) is 54.2 Å². The maximum atomic E-state index is 13.8. The summed E-state index contributed by atoms with van der Waals surface area (Å²) < 4.78 is 5.19. The molecule has 0 aliphatic heterocycles. The van der Waals surface area contributed by atoms with Crippen LogP contribution < -0.4 is 14.5 Å². The Balaban J connectivity index is 1.61. The molecule has 0 saturated heterocycles. The molecule has 0 saturated carbocycles. The lowest BCUT2D eigenvalue weighted by Gasteiger charge is -2.30. The first kappa shape index (κ1) is 24.1. The Morgan fingerprint density at radius 3 is 1.91 bits per heavy atom. The Kier molecular flexibility index (Phi) is 7.85. The van der Waals surface area contributed by atoms with Crippen LogP contribution in [-0.2, 0) is 4.79 Å². The van der Waals surface area contributed by atoms with Crippen molar-refractivity contribution < 1.29 is 14.3 Å². The van der Waals surface area contributed by atoms with Crippen LogP contribution in [0.2, 0.25) is 0 Å². The van der Waals surface area contributed by atoms with E-state index < -0.39 is 0 Å². The van der Waals surface area contributed by atoms with Gasteiger partial charge in [0, 0.05) is 28.9 Å². The zero-order valence-corrected chi connectivity index (χ0v) is 20.4. The van der Waals surface area contributed by atoms with Crippen LogP contribution in [0, 0.1) is 0 Å². The quantitative estimate of drug-likeness (QED) is 0.202. The summed E-state index contributed by atoms with van der Waals surface area (Å²) in [7, 11) is 0. The number of esters is 1. The van der Waals surface area contributed by atoms with Crippen molar-refractivity contribution >= 4 is 40.8 Å². The van der Waals surface area contributed by atoms with E-state index in [0.717, 1.165) is 26.9 Å². The molecule has 176 valence electrons. The van der Waals surface area contributed by atoms with Crippen molar-refractivity contribution in [2.24, 2.45) is 0 Å². The SMILES string of the molecule is CCN(C(=O)N(c1ccccc1)c1ccc(Sc2cccc(OC(C)=O)c2)cc1)c1ccccc1. The molecule has 4 rings (SSSR count). The number of hydrogen-bond acceptors (Lipinski definition) is 4. The number of amides is 2. The average molecular weight is 483 g/mol. The smallest absolute Gasteiger partial charge is 0.333 e. The number of benzene rings is 4. The molecule has 35 heavy (non-hydrogen) atoms. The fourth-order valence-corrected chi connectivity index (χ4v) is 4.54. The third-order valence-electron chi connectivity index (χ3n) is 5.22. The van der Waals surface area contributed by atoms with Gasteiger partial charge in [0.25, 0.3) is 0 Å². The van der Waals surface area contributed by atoms with Crippen molar-refractivity contribution in [1.82, 2.24) is 0 Å². The largest absolute Gasteiger partial charge is 0.427 e. The maximum Gasteiger partial charge on any atom is 0.333 e. The summed E-state index contributed by atoms with van der Waals surface area (Å²) in [5.41, 5.74) is 2.41. The van der Waals surface area contributed by atoms with Crippen LogP contribution in [0.1, 0.15) is 13.8 Å². The molecule has 0 fully saturated rings. The van der Waals surface area contributed by atoms with E-state index in [2.05, 4.69) is 0 Å². The second-order valence-electron chi connectivity index (χ2n) is 7.70. The fourth-order valence-electron chi connectivity index (χ4n) is 3.67. The van der Waals surface area contributed by atoms with Crippen LogP contribution in [0.15, 0.2) is 119 Å². The van der Waals surface area contributed by atoms with Gasteiger partial charge in [-0.2, -0.15) is 0 Å². The average Bonchev–Trinajstić information content (AvgIpc) is 2.87. The van der Waals surface area contributed by atoms with Crippen LogP contribution >= 0.6 is 11.8 Å². The van der Waals surface area contributed by atoms with E-state index in [9.17, 15) is 9.59 Å². The highest BCUT2D eigenvalue weighted by atomic mass is 32.2. The normalized spacial score (nSPS) is 10.5. The summed E-state index contributed by atoms with van der Waals surface area (Å²) >= 11 is 1.56. The fraction of sp³-hybridized carbons (Fsp3) is 0.103. The Morgan fingerprint density at radius 2 is 1.31 bits per heavy atom. The van der Waals surface area contributed by atoms with Gasteiger partial charge in [-0.15, -0.1) is 0 Å². The number of nitrogens with zero attached hydrogens (tertiary/aromatic N) is 2. The summed E-state index contributed by atoms with van der Waals surface area (Å²) in [4.78, 5) is 30.5. The van der Waals surface area contributed by atoms with Crippen molar-refractivity contribution in [2.75, 3.05) is 16.3 Å². The van der Waals surface area contributed by atoms with Crippen LogP contribution in [0.5, 0.6) is 5.75 Å². The van der Waals surface area contributed by atoms with E-state index in [1.54, 1.807) is 27.6 Å². The molecule has 0 heterocycles. The Morgan fingerprint density at radius 1 is 0.714 bits per heavy atom. The predicted molar refractivity (Wildman–Crippen MR) is 142 cm³/mol. The first-order valence-electron chi connectivity index (χ1n) is 11.3. The molecule has 6 heteroatoms. The van der Waals surface area contributed by atoms with E-state index in [-0.39, 0.29) is 12.0 Å². The lowest BCUT2D eigenvalue weighted by atomic mass is 10.2. The van der Waals surface area contributed by atoms with Crippen molar-refractivity contribution in [3.05, 3.63) is 109 Å². The van der Waals surface area contributed by atoms with Gasteiger partial charge in [-0.25, -0.2) is 4.79 Å². The van der Waals surface area contributed by atoms with Crippen molar-refractivity contribution in [3.63, 3.8) is 0 Å². The number of rotatable bonds is 7. The molecule has 0 bridgehead atoms. The highest BCUT2D eigenvalue weighted by Crippen LogP contribution is 2.34. The predicted octanol–water partition coefficient (Wildman–Crippen LogP) is 7.55. The summed E-state index contributed by atoms with van der Waals surface area (Å²) in [5, 5.41) is 0. The topological polar surface area (TPSA) is 49.9 Å². The second kappa shape index (κ2) is 11.4. The van der Waals surface area contributed by atoms with Gasteiger partial charge in [-0.3, -0.25) is 14.6 Å². The van der Waals surface area contributed by atoms with Crippen molar-refractivity contribution in [1.29, 1.82) is 0 Å². The van der Waals surface area contributed by atoms with Gasteiger partial charge in [0.1, 0.15) is 5.75 Å². The summed E-state index contributed by atoms with van der Waals surface area (Å²) in [6.45, 7) is 3.90. The molecule has 5 nitrogen and oxygen atoms in total. The zero-order chi connectivity index (χ0) is 24.6. The minimum atomic E-state index is -0.348. The van der Waals surface area contributed by atoms with E-state index >= 15 is 0 Å². The molecule has 0 atom stereocenters. The molecule has 0 unspecified atom stereocenters. The summed E-state index contributed by atoms with van der Waals surface area (Å²) in [6.07, 6.45) is 0. The number of anilines is 3. The molecule has 0 N–H and O–H groups in total. The van der Waals surface area contributed by atoms with Gasteiger partial charge in [0.2, 0.25) is 0 Å². The van der Waals surface area contributed by atoms with E-state index in [4.69, 9.17) is 4.74 Å². The molecule has 0 aliphatic rings. The molecule has 2 amide bonds. The summed E-state index contributed by atoms with van der Waals surface area (Å²) in [5.74, 6) is 0.166. The number of para-hydroxylation sites is 2. The first-order valence-corrected chi connectivity index (χ1v) is 12.1. The van der Waals surface area contributed by atoms with Gasteiger partial charge < -0.3 is 4.74 Å². The monoisotopic (exact) mass is 482 g/mol. The Bertz CT molecular complexity index is 1280. The highest BCUT2D eigenvalue weighted by Gasteiger charge is 2.24. The highest BCUT2D eigenvalue weighted by molar-refractivity contribution is 7.99. The number of carbonyl (C=O) groups is 2. The molecule has 0 radical (unpaired) electrons. The van der Waals surface area contributed by atoms with Gasteiger partial charge in [0.05, 0.1) is 11.4 Å². The minimum absolute atomic E-state index is 0.126. The lowest BCUT2D eigenvalue weighted by molar-refractivity contribution is -0.131. The first-order chi connectivity index (χ1) is 17.0. The zero-order valence-electron chi connectivity index (χ0n) is 19.6. The van der Waals surface area contributed by atoms with E-state index in [0.29, 0.717) is 12.3 Å². The number of carbonyl (C=O) groups excluding carboxylic acids is 2. The van der Waals surface area contributed by atoms with Gasteiger partial charge >= 0.3 is 12.0 Å². The molecule has 0 aromatic heterocycles. The Labute approximate surface area is 210 Å². The van der Waals surface area contributed by atoms with Crippen LogP contribution in [0.3, 0.4) is 0 Å². The summed E-state index contributed by atoms with van der Waals surface area (Å²) in [6, 6.07) is 34.5. The van der Waals surface area contributed by atoms with Crippen molar-refractivity contribution in [2.45, 2.75) is 23.6 Å². The third-order valence-corrected chi connectivity index (χ3v) is 6.22. The Hall–Kier alpha value is -4.03. The lowest BCUT2D eigenvalue weighted by Crippen LogP contribution is -2.41. The maximum absolute atomic E-state index is 13.8. The molecule has 4 aromatic rings. The number of hydrogen-bond donors (Lipinski definition) is 0. The van der Waals surface area contributed by atoms with Crippen LogP contribution in [-0.4, -0.2) is 18.5 Å². The van der Waals surface area contributed by atoms with Crippen LogP contribution in [0.25, 0.3) is 0 Å². The minimum Gasteiger partial charge on any atom is -0.427 e. The van der Waals surface area contributed by atoms with Crippen molar-refractivity contribution in [3.8, 4) is 5.75 Å². The molecule has 0 spiro atoms. The number of ether oxygens (including phenoxy) is 1. The molecular formula is C29H26N2O3S. The van der Waals surface area contributed by atoms with Gasteiger partial charge in [-0.05, 0) is 73.7 Å². The standard InChI is InChI=1S/C29H26N2O3S/c1-3-30(23-11-6-4-7-12-23)29(33)31(24-13-8-5-9-14-24)25-17-19-27(20-18-25)35-28-16-10-15-26(21-28)34-22(2)32/h4-21H,3H2,1-2H3. The van der Waals surface area contributed by atoms with Crippen LogP contribution in [0.4, 0.5) is 21.9 Å². The van der Waals surface area contributed by atoms with E-state index in [1.807, 2.05) is 110 Å². The molecule has 0 aliphatic carbocycles. The second-order valence-corrected chi connectivity index (χ2v) is 8.84.